The first-order valence-corrected chi connectivity index (χ1v) is 9.64. The molecule has 0 unspecified atom stereocenters. The summed E-state index contributed by atoms with van der Waals surface area (Å²) in [5.41, 5.74) is 1.65. The predicted molar refractivity (Wildman–Crippen MR) is 86.3 cm³/mol. The summed E-state index contributed by atoms with van der Waals surface area (Å²) in [4.78, 5) is 11.2. The molecule has 0 saturated heterocycles. The Morgan fingerprint density at radius 1 is 0.792 bits per heavy atom. The molecule has 0 atom stereocenters. The van der Waals surface area contributed by atoms with Gasteiger partial charge in [0.15, 0.2) is 0 Å². The normalized spacial score (nSPS) is 11.8. The van der Waals surface area contributed by atoms with Crippen LogP contribution >= 0.6 is 0 Å². The molecule has 0 bridgehead atoms. The zero-order valence-electron chi connectivity index (χ0n) is 12.9. The summed E-state index contributed by atoms with van der Waals surface area (Å²) in [5.74, 6) is 0. The van der Waals surface area contributed by atoms with Gasteiger partial charge in [-0.15, -0.1) is 0 Å². The Balaban J connectivity index is 2.15. The third-order valence-corrected chi connectivity index (χ3v) is 5.59. The molecule has 0 heterocycles. The molecule has 128 valence electrons. The number of benzene rings is 2. The molecule has 0 aliphatic rings. The summed E-state index contributed by atoms with van der Waals surface area (Å²) < 4.78 is 53.8. The largest absolute Gasteiger partial charge is 0.437 e. The average molecular weight is 369 g/mol. The van der Waals surface area contributed by atoms with Gasteiger partial charge in [0.2, 0.25) is 0 Å². The number of amides is 1. The molecule has 0 spiro atoms. The molecule has 0 aromatic heterocycles. The van der Waals surface area contributed by atoms with Crippen molar-refractivity contribution in [3.8, 4) is 0 Å². The Bertz CT molecular complexity index is 867. The van der Waals surface area contributed by atoms with E-state index in [1.54, 1.807) is 30.7 Å². The highest BCUT2D eigenvalue weighted by molar-refractivity contribution is 7.90. The average Bonchev–Trinajstić information content (AvgIpc) is 2.46. The molecular formula is C15H15NO6S2. The van der Waals surface area contributed by atoms with E-state index in [1.165, 1.54) is 36.4 Å². The maximum atomic E-state index is 12.0. The molecule has 7 nitrogen and oxygen atoms in total. The van der Waals surface area contributed by atoms with Gasteiger partial charge in [0, 0.05) is 0 Å². The minimum Gasteiger partial charge on any atom is -0.324 e. The van der Waals surface area contributed by atoms with E-state index in [0.29, 0.717) is 0 Å². The fraction of sp³-hybridized carbons (Fsp3) is 0.133. The van der Waals surface area contributed by atoms with Gasteiger partial charge in [-0.1, -0.05) is 35.4 Å². The smallest absolute Gasteiger partial charge is 0.324 e. The summed E-state index contributed by atoms with van der Waals surface area (Å²) >= 11 is 0. The lowest BCUT2D eigenvalue weighted by atomic mass is 10.2. The zero-order chi connectivity index (χ0) is 18.0. The number of aryl methyl sites for hydroxylation is 2. The van der Waals surface area contributed by atoms with E-state index in [1.807, 2.05) is 0 Å². The van der Waals surface area contributed by atoms with Crippen LogP contribution in [-0.4, -0.2) is 22.9 Å². The molecular weight excluding hydrogens is 354 g/mol. The van der Waals surface area contributed by atoms with Crippen LogP contribution in [0.2, 0.25) is 0 Å². The summed E-state index contributed by atoms with van der Waals surface area (Å²) in [5, 5.41) is 0. The van der Waals surface area contributed by atoms with Crippen molar-refractivity contribution < 1.29 is 25.8 Å². The molecule has 0 fully saturated rings. The van der Waals surface area contributed by atoms with E-state index >= 15 is 0 Å². The molecule has 0 aliphatic heterocycles. The van der Waals surface area contributed by atoms with Crippen LogP contribution in [0.15, 0.2) is 58.3 Å². The van der Waals surface area contributed by atoms with Gasteiger partial charge >= 0.3 is 16.2 Å². The maximum absolute atomic E-state index is 12.0. The standard InChI is InChI=1S/C15H15NO6S2/c1-11-3-7-13(8-4-11)23(18,19)16-15(17)22-24(20,21)14-9-5-12(2)6-10-14/h3-10H,1-2H3,(H,16,17). The topological polar surface area (TPSA) is 107 Å². The van der Waals surface area contributed by atoms with Crippen molar-refractivity contribution in [2.24, 2.45) is 0 Å². The van der Waals surface area contributed by atoms with E-state index in [2.05, 4.69) is 4.18 Å². The van der Waals surface area contributed by atoms with Crippen molar-refractivity contribution >= 4 is 26.2 Å². The third-order valence-electron chi connectivity index (χ3n) is 3.04. The van der Waals surface area contributed by atoms with Crippen molar-refractivity contribution in [3.05, 3.63) is 59.7 Å². The molecule has 0 aliphatic carbocycles. The van der Waals surface area contributed by atoms with Crippen LogP contribution in [-0.2, 0) is 24.3 Å². The van der Waals surface area contributed by atoms with E-state index in [-0.39, 0.29) is 9.79 Å². The molecule has 1 N–H and O–H groups in total. The van der Waals surface area contributed by atoms with Gasteiger partial charge < -0.3 is 4.18 Å². The maximum Gasteiger partial charge on any atom is 0.437 e. The van der Waals surface area contributed by atoms with Crippen molar-refractivity contribution in [1.82, 2.24) is 4.72 Å². The minimum atomic E-state index is -4.41. The van der Waals surface area contributed by atoms with Gasteiger partial charge in [-0.25, -0.2) is 17.9 Å². The summed E-state index contributed by atoms with van der Waals surface area (Å²) in [6.45, 7) is 3.53. The number of hydrogen-bond donors (Lipinski definition) is 1. The molecule has 0 saturated carbocycles. The molecule has 9 heteroatoms. The monoisotopic (exact) mass is 369 g/mol. The van der Waals surface area contributed by atoms with Crippen LogP contribution in [0, 0.1) is 13.8 Å². The molecule has 2 aromatic rings. The quantitative estimate of drug-likeness (QED) is 0.827. The Morgan fingerprint density at radius 2 is 1.21 bits per heavy atom. The second-order valence-corrected chi connectivity index (χ2v) is 8.29. The Morgan fingerprint density at radius 3 is 1.67 bits per heavy atom. The summed E-state index contributed by atoms with van der Waals surface area (Å²) in [6, 6.07) is 11.2. The van der Waals surface area contributed by atoms with Crippen LogP contribution in [0.4, 0.5) is 4.79 Å². The van der Waals surface area contributed by atoms with Gasteiger partial charge in [0.05, 0.1) is 4.90 Å². The Kier molecular flexibility index (Phi) is 4.95. The SMILES string of the molecule is Cc1ccc(S(=O)(=O)NC(=O)OS(=O)(=O)c2ccc(C)cc2)cc1. The first kappa shape index (κ1) is 18.0. The Labute approximate surface area is 140 Å². The summed E-state index contributed by atoms with van der Waals surface area (Å²) in [7, 11) is -8.64. The highest BCUT2D eigenvalue weighted by Crippen LogP contribution is 2.14. The molecule has 0 radical (unpaired) electrons. The van der Waals surface area contributed by atoms with Crippen LogP contribution < -0.4 is 4.72 Å². The van der Waals surface area contributed by atoms with Crippen molar-refractivity contribution in [3.63, 3.8) is 0 Å². The molecule has 1 amide bonds. The van der Waals surface area contributed by atoms with Crippen LogP contribution in [0.5, 0.6) is 0 Å². The van der Waals surface area contributed by atoms with E-state index in [0.717, 1.165) is 11.1 Å². The van der Waals surface area contributed by atoms with Crippen molar-refractivity contribution in [2.45, 2.75) is 23.6 Å². The number of rotatable bonds is 4. The lowest BCUT2D eigenvalue weighted by Gasteiger charge is -2.08. The molecule has 2 rings (SSSR count). The molecule has 2 aromatic carbocycles. The zero-order valence-corrected chi connectivity index (χ0v) is 14.5. The van der Waals surface area contributed by atoms with Gasteiger partial charge in [-0.05, 0) is 38.1 Å². The second kappa shape index (κ2) is 6.62. The fourth-order valence-electron chi connectivity index (χ4n) is 1.76. The van der Waals surface area contributed by atoms with E-state index in [4.69, 9.17) is 0 Å². The van der Waals surface area contributed by atoms with Gasteiger partial charge in [-0.2, -0.15) is 8.42 Å². The van der Waals surface area contributed by atoms with Gasteiger partial charge in [0.25, 0.3) is 10.0 Å². The second-order valence-electron chi connectivity index (χ2n) is 5.06. The lowest BCUT2D eigenvalue weighted by molar-refractivity contribution is 0.208. The first-order valence-electron chi connectivity index (χ1n) is 6.75. The fourth-order valence-corrected chi connectivity index (χ4v) is 3.49. The van der Waals surface area contributed by atoms with Crippen LogP contribution in [0.1, 0.15) is 11.1 Å². The number of sulfonamides is 1. The highest BCUT2D eigenvalue weighted by Gasteiger charge is 2.24. The number of carbonyl (C=O) groups is 1. The van der Waals surface area contributed by atoms with Gasteiger partial charge in [-0.3, -0.25) is 0 Å². The van der Waals surface area contributed by atoms with E-state index < -0.39 is 26.2 Å². The number of nitrogens with one attached hydrogen (secondary N) is 1. The molecule has 24 heavy (non-hydrogen) atoms. The highest BCUT2D eigenvalue weighted by atomic mass is 32.2. The third kappa shape index (κ3) is 4.33. The van der Waals surface area contributed by atoms with Crippen LogP contribution in [0.3, 0.4) is 0 Å². The summed E-state index contributed by atoms with van der Waals surface area (Å²) in [6.07, 6.45) is -1.60. The van der Waals surface area contributed by atoms with Crippen molar-refractivity contribution in [2.75, 3.05) is 0 Å². The lowest BCUT2D eigenvalue weighted by Crippen LogP contribution is -2.32. The number of hydrogen-bond acceptors (Lipinski definition) is 6. The van der Waals surface area contributed by atoms with Crippen molar-refractivity contribution in [1.29, 1.82) is 0 Å². The number of carbonyl (C=O) groups excluding carboxylic acids is 1. The van der Waals surface area contributed by atoms with E-state index in [9.17, 15) is 21.6 Å². The van der Waals surface area contributed by atoms with Gasteiger partial charge in [0.1, 0.15) is 4.90 Å². The first-order chi connectivity index (χ1) is 11.1. The Hall–Kier alpha value is -2.39. The van der Waals surface area contributed by atoms with Crippen LogP contribution in [0.25, 0.3) is 0 Å². The minimum absolute atomic E-state index is 0.183. The predicted octanol–water partition coefficient (Wildman–Crippen LogP) is 2.11.